The first-order valence-corrected chi connectivity index (χ1v) is 7.48. The van der Waals surface area contributed by atoms with Crippen molar-refractivity contribution >= 4 is 23.3 Å². The Morgan fingerprint density at radius 1 is 1.50 bits per heavy atom. The van der Waals surface area contributed by atoms with Crippen molar-refractivity contribution in [3.63, 3.8) is 0 Å². The smallest absolute Gasteiger partial charge is 0.332 e. The minimum Gasteiger partial charge on any atom is -0.479 e. The van der Waals surface area contributed by atoms with E-state index in [-0.39, 0.29) is 25.0 Å². The highest BCUT2D eigenvalue weighted by atomic mass is 32.1. The van der Waals surface area contributed by atoms with Gasteiger partial charge in [0.25, 0.3) is 0 Å². The Balaban J connectivity index is 1.80. The lowest BCUT2D eigenvalue weighted by Gasteiger charge is -2.22. The molecule has 1 aromatic rings. The summed E-state index contributed by atoms with van der Waals surface area (Å²) in [5, 5.41) is 24.4. The molecule has 6 nitrogen and oxygen atoms in total. The lowest BCUT2D eigenvalue weighted by atomic mass is 10.2. The SMILES string of the molecule is O=C(O)C(O)CCNC(=O)N(Cc1ccsc1)C1CC1. The van der Waals surface area contributed by atoms with Crippen molar-refractivity contribution in [3.05, 3.63) is 22.4 Å². The summed E-state index contributed by atoms with van der Waals surface area (Å²) in [6.07, 6.45) is 0.601. The van der Waals surface area contributed by atoms with Crippen LogP contribution in [-0.2, 0) is 11.3 Å². The summed E-state index contributed by atoms with van der Waals surface area (Å²) in [6, 6.07) is 2.07. The average Bonchev–Trinajstić information content (AvgIpc) is 3.12. The molecule has 7 heteroatoms. The number of hydrogen-bond acceptors (Lipinski definition) is 4. The van der Waals surface area contributed by atoms with Crippen LogP contribution in [0.15, 0.2) is 16.8 Å². The minimum absolute atomic E-state index is 0.0119. The van der Waals surface area contributed by atoms with Crippen molar-refractivity contribution in [2.24, 2.45) is 0 Å². The van der Waals surface area contributed by atoms with Crippen LogP contribution in [0.2, 0.25) is 0 Å². The molecule has 0 spiro atoms. The maximum absolute atomic E-state index is 12.1. The zero-order chi connectivity index (χ0) is 14.5. The van der Waals surface area contributed by atoms with E-state index in [2.05, 4.69) is 5.32 Å². The van der Waals surface area contributed by atoms with Gasteiger partial charge in [0.05, 0.1) is 0 Å². The molecule has 1 aliphatic rings. The summed E-state index contributed by atoms with van der Waals surface area (Å²) in [6.45, 7) is 0.723. The van der Waals surface area contributed by atoms with Crippen molar-refractivity contribution in [2.45, 2.75) is 38.0 Å². The van der Waals surface area contributed by atoms with Gasteiger partial charge in [0.15, 0.2) is 6.10 Å². The fraction of sp³-hybridized carbons (Fsp3) is 0.538. The van der Waals surface area contributed by atoms with Gasteiger partial charge in [0.2, 0.25) is 0 Å². The molecule has 0 radical (unpaired) electrons. The quantitative estimate of drug-likeness (QED) is 0.707. The predicted octanol–water partition coefficient (Wildman–Crippen LogP) is 1.26. The molecule has 0 saturated heterocycles. The van der Waals surface area contributed by atoms with Crippen LogP contribution in [0.5, 0.6) is 0 Å². The number of thiophene rings is 1. The second-order valence-corrected chi connectivity index (χ2v) is 5.65. The van der Waals surface area contributed by atoms with Crippen LogP contribution in [0, 0.1) is 0 Å². The van der Waals surface area contributed by atoms with Gasteiger partial charge in [-0.2, -0.15) is 11.3 Å². The van der Waals surface area contributed by atoms with Crippen LogP contribution >= 0.6 is 11.3 Å². The number of carboxylic acids is 1. The van der Waals surface area contributed by atoms with Gasteiger partial charge in [-0.25, -0.2) is 9.59 Å². The van der Waals surface area contributed by atoms with E-state index in [0.29, 0.717) is 6.54 Å². The summed E-state index contributed by atoms with van der Waals surface area (Å²) in [7, 11) is 0. The molecule has 1 unspecified atom stereocenters. The third kappa shape index (κ3) is 4.21. The second-order valence-electron chi connectivity index (χ2n) is 4.87. The summed E-state index contributed by atoms with van der Waals surface area (Å²) < 4.78 is 0. The zero-order valence-corrected chi connectivity index (χ0v) is 11.8. The van der Waals surface area contributed by atoms with E-state index in [1.165, 1.54) is 0 Å². The Hall–Kier alpha value is -1.60. The Kier molecular flexibility index (Phi) is 4.97. The average molecular weight is 298 g/mol. The number of carboxylic acid groups (broad SMARTS) is 1. The lowest BCUT2D eigenvalue weighted by molar-refractivity contribution is -0.146. The number of amides is 2. The number of rotatable bonds is 7. The third-order valence-electron chi connectivity index (χ3n) is 3.16. The van der Waals surface area contributed by atoms with Gasteiger partial charge in [-0.05, 0) is 35.2 Å². The Morgan fingerprint density at radius 3 is 2.80 bits per heavy atom. The lowest BCUT2D eigenvalue weighted by Crippen LogP contribution is -2.42. The molecule has 2 amide bonds. The van der Waals surface area contributed by atoms with Crippen molar-refractivity contribution in [3.8, 4) is 0 Å². The van der Waals surface area contributed by atoms with Gasteiger partial charge in [-0.15, -0.1) is 0 Å². The molecule has 0 aliphatic heterocycles. The van der Waals surface area contributed by atoms with Crippen molar-refractivity contribution in [2.75, 3.05) is 6.54 Å². The maximum Gasteiger partial charge on any atom is 0.332 e. The second kappa shape index (κ2) is 6.71. The third-order valence-corrected chi connectivity index (χ3v) is 3.89. The van der Waals surface area contributed by atoms with E-state index in [9.17, 15) is 9.59 Å². The Bertz CT molecular complexity index is 459. The van der Waals surface area contributed by atoms with Gasteiger partial charge in [0, 0.05) is 25.6 Å². The maximum atomic E-state index is 12.1. The van der Waals surface area contributed by atoms with Gasteiger partial charge >= 0.3 is 12.0 Å². The first-order valence-electron chi connectivity index (χ1n) is 6.54. The zero-order valence-electron chi connectivity index (χ0n) is 11.0. The highest BCUT2D eigenvalue weighted by Gasteiger charge is 2.32. The number of nitrogens with zero attached hydrogens (tertiary/aromatic N) is 1. The fourth-order valence-corrected chi connectivity index (χ4v) is 2.53. The number of aliphatic hydroxyl groups excluding tert-OH is 1. The number of carbonyl (C=O) groups is 2. The highest BCUT2D eigenvalue weighted by Crippen LogP contribution is 2.28. The van der Waals surface area contributed by atoms with Gasteiger partial charge < -0.3 is 20.4 Å². The molecule has 1 aromatic heterocycles. The van der Waals surface area contributed by atoms with Crippen molar-refractivity contribution in [1.29, 1.82) is 0 Å². The number of aliphatic carboxylic acids is 1. The van der Waals surface area contributed by atoms with Gasteiger partial charge in [-0.1, -0.05) is 0 Å². The number of carbonyl (C=O) groups excluding carboxylic acids is 1. The van der Waals surface area contributed by atoms with Crippen LogP contribution in [0.4, 0.5) is 4.79 Å². The molecule has 2 rings (SSSR count). The van der Waals surface area contributed by atoms with Crippen LogP contribution in [0.25, 0.3) is 0 Å². The van der Waals surface area contributed by atoms with Gasteiger partial charge in [0.1, 0.15) is 0 Å². The monoisotopic (exact) mass is 298 g/mol. The first-order chi connectivity index (χ1) is 9.58. The first kappa shape index (κ1) is 14.8. The molecule has 1 aliphatic carbocycles. The highest BCUT2D eigenvalue weighted by molar-refractivity contribution is 7.07. The topological polar surface area (TPSA) is 89.9 Å². The van der Waals surface area contributed by atoms with E-state index < -0.39 is 12.1 Å². The number of nitrogens with one attached hydrogen (secondary N) is 1. The summed E-state index contributed by atoms with van der Waals surface area (Å²) in [5.74, 6) is -1.27. The largest absolute Gasteiger partial charge is 0.479 e. The van der Waals surface area contributed by atoms with E-state index in [1.54, 1.807) is 16.2 Å². The number of hydrogen-bond donors (Lipinski definition) is 3. The van der Waals surface area contributed by atoms with E-state index >= 15 is 0 Å². The van der Waals surface area contributed by atoms with Crippen molar-refractivity contribution in [1.82, 2.24) is 10.2 Å². The standard InChI is InChI=1S/C13H18N2O4S/c16-11(12(17)18)3-5-14-13(19)15(10-1-2-10)7-9-4-6-20-8-9/h4,6,8,10-11,16H,1-3,5,7H2,(H,14,19)(H,17,18). The molecular formula is C13H18N2O4S. The number of urea groups is 1. The molecule has 110 valence electrons. The molecule has 3 N–H and O–H groups in total. The fourth-order valence-electron chi connectivity index (χ4n) is 1.87. The Labute approximate surface area is 121 Å². The normalized spacial score (nSPS) is 15.7. The molecule has 1 heterocycles. The molecule has 0 aromatic carbocycles. The van der Waals surface area contributed by atoms with Crippen LogP contribution in [-0.4, -0.2) is 45.8 Å². The predicted molar refractivity (Wildman–Crippen MR) is 74.5 cm³/mol. The van der Waals surface area contributed by atoms with Crippen LogP contribution in [0.3, 0.4) is 0 Å². The van der Waals surface area contributed by atoms with Crippen LogP contribution in [0.1, 0.15) is 24.8 Å². The molecule has 1 fully saturated rings. The minimum atomic E-state index is -1.43. The summed E-state index contributed by atoms with van der Waals surface area (Å²) in [5.41, 5.74) is 1.10. The molecule has 1 atom stereocenters. The van der Waals surface area contributed by atoms with Gasteiger partial charge in [-0.3, -0.25) is 0 Å². The molecule has 20 heavy (non-hydrogen) atoms. The molecule has 1 saturated carbocycles. The van der Waals surface area contributed by atoms with Crippen LogP contribution < -0.4 is 5.32 Å². The Morgan fingerprint density at radius 2 is 2.25 bits per heavy atom. The van der Waals surface area contributed by atoms with E-state index in [1.807, 2.05) is 16.8 Å². The summed E-state index contributed by atoms with van der Waals surface area (Å²) >= 11 is 1.59. The molecular weight excluding hydrogens is 280 g/mol. The molecule has 0 bridgehead atoms. The van der Waals surface area contributed by atoms with E-state index in [0.717, 1.165) is 18.4 Å². The summed E-state index contributed by atoms with van der Waals surface area (Å²) in [4.78, 5) is 24.3. The van der Waals surface area contributed by atoms with E-state index in [4.69, 9.17) is 10.2 Å². The number of aliphatic hydroxyl groups is 1. The van der Waals surface area contributed by atoms with Crippen molar-refractivity contribution < 1.29 is 19.8 Å².